The quantitative estimate of drug-likeness (QED) is 0.849. The molecule has 3 nitrogen and oxygen atoms in total. The highest BCUT2D eigenvalue weighted by Gasteiger charge is 2.27. The molecule has 0 atom stereocenters. The highest BCUT2D eigenvalue weighted by molar-refractivity contribution is 6.30. The molecular weight excluding hydrogens is 288 g/mol. The van der Waals surface area contributed by atoms with Crippen LogP contribution in [0.25, 0.3) is 0 Å². The van der Waals surface area contributed by atoms with Gasteiger partial charge in [-0.2, -0.15) is 8.78 Å². The fourth-order valence-corrected chi connectivity index (χ4v) is 2.57. The molecule has 0 aliphatic carbocycles. The standard InChI is InChI=1S/C14H18ClF2NO2/c1-14(2)9-18(5-6-19-14)8-10-7-11(15)3-4-12(10)20-13(16)17/h3-4,7,13H,5-6,8-9H2,1-2H3. The summed E-state index contributed by atoms with van der Waals surface area (Å²) in [7, 11) is 0. The van der Waals surface area contributed by atoms with E-state index in [9.17, 15) is 8.78 Å². The number of halogens is 3. The zero-order valence-electron chi connectivity index (χ0n) is 11.5. The molecule has 112 valence electrons. The summed E-state index contributed by atoms with van der Waals surface area (Å²) in [5.74, 6) is 0.175. The van der Waals surface area contributed by atoms with Gasteiger partial charge in [0.25, 0.3) is 0 Å². The van der Waals surface area contributed by atoms with Crippen LogP contribution < -0.4 is 4.74 Å². The monoisotopic (exact) mass is 305 g/mol. The molecule has 0 bridgehead atoms. The van der Waals surface area contributed by atoms with Crippen molar-refractivity contribution in [3.8, 4) is 5.75 Å². The second kappa shape index (κ2) is 6.24. The van der Waals surface area contributed by atoms with E-state index in [2.05, 4.69) is 9.64 Å². The van der Waals surface area contributed by atoms with Gasteiger partial charge in [0.15, 0.2) is 0 Å². The normalized spacial score (nSPS) is 19.3. The Morgan fingerprint density at radius 1 is 1.45 bits per heavy atom. The van der Waals surface area contributed by atoms with Crippen LogP contribution in [-0.2, 0) is 11.3 Å². The third kappa shape index (κ3) is 4.30. The Kier molecular flexibility index (Phi) is 4.83. The van der Waals surface area contributed by atoms with Crippen molar-refractivity contribution in [2.75, 3.05) is 19.7 Å². The lowest BCUT2D eigenvalue weighted by molar-refractivity contribution is -0.0891. The van der Waals surface area contributed by atoms with Crippen molar-refractivity contribution >= 4 is 11.6 Å². The number of benzene rings is 1. The molecule has 2 rings (SSSR count). The van der Waals surface area contributed by atoms with Crippen LogP contribution in [0.5, 0.6) is 5.75 Å². The molecule has 1 aliphatic rings. The van der Waals surface area contributed by atoms with Crippen LogP contribution in [0.2, 0.25) is 5.02 Å². The lowest BCUT2D eigenvalue weighted by Gasteiger charge is -2.38. The number of alkyl halides is 2. The Labute approximate surface area is 122 Å². The maximum absolute atomic E-state index is 12.4. The fraction of sp³-hybridized carbons (Fsp3) is 0.571. The highest BCUT2D eigenvalue weighted by Crippen LogP contribution is 2.27. The number of morpholine rings is 1. The number of hydrogen-bond donors (Lipinski definition) is 0. The molecule has 0 spiro atoms. The Hall–Kier alpha value is -0.910. The van der Waals surface area contributed by atoms with Crippen molar-refractivity contribution in [2.45, 2.75) is 32.6 Å². The number of hydrogen-bond acceptors (Lipinski definition) is 3. The predicted octanol–water partition coefficient (Wildman–Crippen LogP) is 3.55. The molecule has 0 saturated carbocycles. The van der Waals surface area contributed by atoms with Crippen LogP contribution in [0.15, 0.2) is 18.2 Å². The van der Waals surface area contributed by atoms with Gasteiger partial charge >= 0.3 is 6.61 Å². The molecule has 1 aromatic carbocycles. The summed E-state index contributed by atoms with van der Waals surface area (Å²) < 4.78 is 35.0. The smallest absolute Gasteiger partial charge is 0.387 e. The van der Waals surface area contributed by atoms with E-state index >= 15 is 0 Å². The van der Waals surface area contributed by atoms with Crippen molar-refractivity contribution in [1.82, 2.24) is 4.90 Å². The molecule has 1 aliphatic heterocycles. The lowest BCUT2D eigenvalue weighted by Crippen LogP contribution is -2.47. The Balaban J connectivity index is 2.13. The van der Waals surface area contributed by atoms with Crippen molar-refractivity contribution in [2.24, 2.45) is 0 Å². The highest BCUT2D eigenvalue weighted by atomic mass is 35.5. The summed E-state index contributed by atoms with van der Waals surface area (Å²) in [4.78, 5) is 2.15. The average molecular weight is 306 g/mol. The summed E-state index contributed by atoms with van der Waals surface area (Å²) >= 11 is 5.94. The van der Waals surface area contributed by atoms with Crippen LogP contribution in [0, 0.1) is 0 Å². The number of rotatable bonds is 4. The van der Waals surface area contributed by atoms with Gasteiger partial charge in [0.1, 0.15) is 5.75 Å². The van der Waals surface area contributed by atoms with Gasteiger partial charge in [-0.1, -0.05) is 11.6 Å². The number of nitrogens with zero attached hydrogens (tertiary/aromatic N) is 1. The average Bonchev–Trinajstić information content (AvgIpc) is 2.31. The minimum atomic E-state index is -2.84. The molecule has 0 radical (unpaired) electrons. The third-order valence-corrected chi connectivity index (χ3v) is 3.37. The van der Waals surface area contributed by atoms with Gasteiger partial charge in [0, 0.05) is 30.2 Å². The summed E-state index contributed by atoms with van der Waals surface area (Å²) in [5, 5.41) is 0.508. The van der Waals surface area contributed by atoms with Gasteiger partial charge in [0.05, 0.1) is 12.2 Å². The van der Waals surface area contributed by atoms with Crippen molar-refractivity contribution < 1.29 is 18.3 Å². The molecule has 0 unspecified atom stereocenters. The van der Waals surface area contributed by atoms with E-state index in [1.807, 2.05) is 13.8 Å². The van der Waals surface area contributed by atoms with E-state index in [1.54, 1.807) is 12.1 Å². The summed E-state index contributed by atoms with van der Waals surface area (Å²) in [6.07, 6.45) is 0. The van der Waals surface area contributed by atoms with Crippen molar-refractivity contribution in [3.63, 3.8) is 0 Å². The van der Waals surface area contributed by atoms with E-state index in [1.165, 1.54) is 6.07 Å². The van der Waals surface area contributed by atoms with Crippen LogP contribution in [0.3, 0.4) is 0 Å². The fourth-order valence-electron chi connectivity index (χ4n) is 2.37. The Morgan fingerprint density at radius 2 is 2.20 bits per heavy atom. The van der Waals surface area contributed by atoms with E-state index in [0.29, 0.717) is 23.7 Å². The van der Waals surface area contributed by atoms with E-state index in [-0.39, 0.29) is 11.4 Å². The van der Waals surface area contributed by atoms with Crippen LogP contribution in [0.1, 0.15) is 19.4 Å². The second-order valence-corrected chi connectivity index (χ2v) is 5.89. The summed E-state index contributed by atoms with van der Waals surface area (Å²) in [6, 6.07) is 4.70. The van der Waals surface area contributed by atoms with Gasteiger partial charge in [-0.3, -0.25) is 4.90 Å². The molecule has 0 amide bonds. The van der Waals surface area contributed by atoms with Gasteiger partial charge in [0.2, 0.25) is 0 Å². The zero-order valence-corrected chi connectivity index (χ0v) is 12.3. The maximum atomic E-state index is 12.4. The first kappa shape index (κ1) is 15.5. The van der Waals surface area contributed by atoms with E-state index < -0.39 is 6.61 Å². The first-order valence-electron chi connectivity index (χ1n) is 6.45. The Bertz CT molecular complexity index is 468. The largest absolute Gasteiger partial charge is 0.434 e. The molecule has 1 fully saturated rings. The maximum Gasteiger partial charge on any atom is 0.387 e. The first-order valence-corrected chi connectivity index (χ1v) is 6.83. The number of ether oxygens (including phenoxy) is 2. The summed E-state index contributed by atoms with van der Waals surface area (Å²) in [6.45, 7) is 3.80. The van der Waals surface area contributed by atoms with Crippen molar-refractivity contribution in [3.05, 3.63) is 28.8 Å². The SMILES string of the molecule is CC1(C)CN(Cc2cc(Cl)ccc2OC(F)F)CCO1. The minimum Gasteiger partial charge on any atom is -0.434 e. The summed E-state index contributed by atoms with van der Waals surface area (Å²) in [5.41, 5.74) is 0.427. The molecule has 20 heavy (non-hydrogen) atoms. The second-order valence-electron chi connectivity index (χ2n) is 5.45. The molecule has 6 heteroatoms. The van der Waals surface area contributed by atoms with Gasteiger partial charge in [-0.15, -0.1) is 0 Å². The van der Waals surface area contributed by atoms with Crippen LogP contribution in [0.4, 0.5) is 8.78 Å². The van der Waals surface area contributed by atoms with E-state index in [0.717, 1.165) is 13.1 Å². The first-order chi connectivity index (χ1) is 9.35. The molecule has 0 aromatic heterocycles. The van der Waals surface area contributed by atoms with Gasteiger partial charge < -0.3 is 9.47 Å². The molecular formula is C14H18ClF2NO2. The lowest BCUT2D eigenvalue weighted by atomic mass is 10.1. The van der Waals surface area contributed by atoms with Crippen LogP contribution in [-0.4, -0.2) is 36.8 Å². The zero-order chi connectivity index (χ0) is 14.8. The molecule has 1 saturated heterocycles. The Morgan fingerprint density at radius 3 is 2.85 bits per heavy atom. The molecule has 1 heterocycles. The molecule has 0 N–H and O–H groups in total. The molecule has 1 aromatic rings. The predicted molar refractivity (Wildman–Crippen MR) is 73.4 cm³/mol. The van der Waals surface area contributed by atoms with Gasteiger partial charge in [-0.25, -0.2) is 0 Å². The van der Waals surface area contributed by atoms with E-state index in [4.69, 9.17) is 16.3 Å². The van der Waals surface area contributed by atoms with Crippen molar-refractivity contribution in [1.29, 1.82) is 0 Å². The minimum absolute atomic E-state index is 0.175. The van der Waals surface area contributed by atoms with Crippen LogP contribution >= 0.6 is 11.6 Å². The topological polar surface area (TPSA) is 21.7 Å². The van der Waals surface area contributed by atoms with Gasteiger partial charge in [-0.05, 0) is 32.0 Å². The third-order valence-electron chi connectivity index (χ3n) is 3.14.